The molecule has 20 heavy (non-hydrogen) atoms. The highest BCUT2D eigenvalue weighted by Crippen LogP contribution is 2.04. The molecule has 0 saturated carbocycles. The average molecular weight is 275 g/mol. The Morgan fingerprint density at radius 3 is 1.60 bits per heavy atom. The number of nitrogen functional groups attached to an aromatic ring is 1. The number of carboxylic acids is 1. The van der Waals surface area contributed by atoms with E-state index in [1.165, 1.54) is 12.1 Å². The minimum absolute atomic E-state index is 0.0557. The molecule has 0 amide bonds. The SMILES string of the molecule is Nc1ccc(CO)cc1.O=C(O)c1ccc(CO)cc1. The van der Waals surface area contributed by atoms with Crippen molar-refractivity contribution in [1.29, 1.82) is 0 Å². The molecule has 106 valence electrons. The van der Waals surface area contributed by atoms with Gasteiger partial charge >= 0.3 is 5.97 Å². The molecule has 0 aliphatic rings. The Kier molecular flexibility index (Phi) is 6.22. The third-order valence-corrected chi connectivity index (χ3v) is 2.55. The van der Waals surface area contributed by atoms with Gasteiger partial charge in [-0.1, -0.05) is 24.3 Å². The zero-order chi connectivity index (χ0) is 15.0. The lowest BCUT2D eigenvalue weighted by atomic mass is 10.1. The van der Waals surface area contributed by atoms with Crippen LogP contribution in [0.1, 0.15) is 21.5 Å². The quantitative estimate of drug-likeness (QED) is 0.637. The van der Waals surface area contributed by atoms with E-state index in [0.29, 0.717) is 0 Å². The van der Waals surface area contributed by atoms with Gasteiger partial charge in [0.2, 0.25) is 0 Å². The highest BCUT2D eigenvalue weighted by molar-refractivity contribution is 5.87. The summed E-state index contributed by atoms with van der Waals surface area (Å²) in [4.78, 5) is 10.3. The maximum atomic E-state index is 10.3. The van der Waals surface area contributed by atoms with Gasteiger partial charge in [-0.05, 0) is 35.4 Å². The normalized spacial score (nSPS) is 9.50. The van der Waals surface area contributed by atoms with Crippen molar-refractivity contribution in [3.8, 4) is 0 Å². The van der Waals surface area contributed by atoms with Crippen molar-refractivity contribution in [3.05, 3.63) is 65.2 Å². The monoisotopic (exact) mass is 275 g/mol. The standard InChI is InChI=1S/C8H8O3.C7H9NO/c9-5-6-1-3-7(4-2-6)8(10)11;8-7-3-1-6(5-9)2-4-7/h1-4,9H,5H2,(H,10,11);1-4,9H,5,8H2. The van der Waals surface area contributed by atoms with Gasteiger partial charge in [0.1, 0.15) is 0 Å². The Morgan fingerprint density at radius 1 is 0.850 bits per heavy atom. The maximum Gasteiger partial charge on any atom is 0.335 e. The van der Waals surface area contributed by atoms with Gasteiger partial charge in [-0.25, -0.2) is 4.79 Å². The summed E-state index contributed by atoms with van der Waals surface area (Å²) in [5, 5.41) is 25.7. The predicted octanol–water partition coefficient (Wildman–Crippen LogP) is 1.64. The molecule has 0 spiro atoms. The molecule has 0 unspecified atom stereocenters. The first-order valence-electron chi connectivity index (χ1n) is 5.95. The van der Waals surface area contributed by atoms with Crippen molar-refractivity contribution in [2.24, 2.45) is 0 Å². The van der Waals surface area contributed by atoms with Crippen molar-refractivity contribution in [1.82, 2.24) is 0 Å². The number of benzene rings is 2. The van der Waals surface area contributed by atoms with Crippen LogP contribution in [0.5, 0.6) is 0 Å². The zero-order valence-corrected chi connectivity index (χ0v) is 10.9. The van der Waals surface area contributed by atoms with E-state index in [1.54, 1.807) is 36.4 Å². The minimum atomic E-state index is -0.950. The van der Waals surface area contributed by atoms with E-state index in [0.717, 1.165) is 16.8 Å². The molecule has 2 rings (SSSR count). The predicted molar refractivity (Wildman–Crippen MR) is 76.1 cm³/mol. The van der Waals surface area contributed by atoms with E-state index in [1.807, 2.05) is 0 Å². The number of carbonyl (C=O) groups is 1. The number of nitrogens with two attached hydrogens (primary N) is 1. The summed E-state index contributed by atoms with van der Waals surface area (Å²) in [6.07, 6.45) is 0. The van der Waals surface area contributed by atoms with Crippen LogP contribution < -0.4 is 5.73 Å². The molecule has 0 fully saturated rings. The molecule has 0 aliphatic heterocycles. The van der Waals surface area contributed by atoms with Gasteiger partial charge in [-0.15, -0.1) is 0 Å². The van der Waals surface area contributed by atoms with Crippen molar-refractivity contribution in [3.63, 3.8) is 0 Å². The molecule has 0 atom stereocenters. The summed E-state index contributed by atoms with van der Waals surface area (Å²) in [6, 6.07) is 13.2. The third kappa shape index (κ3) is 5.09. The van der Waals surface area contributed by atoms with Gasteiger partial charge < -0.3 is 21.1 Å². The second kappa shape index (κ2) is 7.93. The summed E-state index contributed by atoms with van der Waals surface area (Å²) < 4.78 is 0. The molecular formula is C15H17NO4. The largest absolute Gasteiger partial charge is 0.478 e. The number of aromatic carboxylic acids is 1. The van der Waals surface area contributed by atoms with E-state index in [2.05, 4.69) is 0 Å². The number of aliphatic hydroxyl groups is 2. The molecule has 0 radical (unpaired) electrons. The van der Waals surface area contributed by atoms with E-state index in [9.17, 15) is 4.79 Å². The summed E-state index contributed by atoms with van der Waals surface area (Å²) in [5.74, 6) is -0.950. The van der Waals surface area contributed by atoms with Crippen LogP contribution in [0.15, 0.2) is 48.5 Å². The van der Waals surface area contributed by atoms with Gasteiger partial charge in [0, 0.05) is 5.69 Å². The third-order valence-electron chi connectivity index (χ3n) is 2.55. The first-order valence-corrected chi connectivity index (χ1v) is 5.95. The number of hydrogen-bond donors (Lipinski definition) is 4. The molecule has 0 aromatic heterocycles. The topological polar surface area (TPSA) is 104 Å². The van der Waals surface area contributed by atoms with Crippen molar-refractivity contribution >= 4 is 11.7 Å². The van der Waals surface area contributed by atoms with E-state index in [4.69, 9.17) is 21.1 Å². The summed E-state index contributed by atoms with van der Waals surface area (Å²) >= 11 is 0. The number of rotatable bonds is 3. The van der Waals surface area contributed by atoms with Crippen LogP contribution in [-0.4, -0.2) is 21.3 Å². The smallest absolute Gasteiger partial charge is 0.335 e. The highest BCUT2D eigenvalue weighted by Gasteiger charge is 1.99. The van der Waals surface area contributed by atoms with Gasteiger partial charge in [-0.3, -0.25) is 0 Å². The Labute approximate surface area is 116 Å². The van der Waals surface area contributed by atoms with E-state index >= 15 is 0 Å². The Bertz CT molecular complexity index is 535. The van der Waals surface area contributed by atoms with Gasteiger partial charge in [-0.2, -0.15) is 0 Å². The van der Waals surface area contributed by atoms with Crippen LogP contribution >= 0.6 is 0 Å². The second-order valence-electron chi connectivity index (χ2n) is 4.06. The molecule has 2 aromatic carbocycles. The van der Waals surface area contributed by atoms with E-state index in [-0.39, 0.29) is 18.8 Å². The van der Waals surface area contributed by atoms with Crippen LogP contribution in [0.4, 0.5) is 5.69 Å². The number of aliphatic hydroxyl groups excluding tert-OH is 2. The summed E-state index contributed by atoms with van der Waals surface area (Å²) in [7, 11) is 0. The molecule has 5 nitrogen and oxygen atoms in total. The van der Waals surface area contributed by atoms with Crippen molar-refractivity contribution < 1.29 is 20.1 Å². The second-order valence-corrected chi connectivity index (χ2v) is 4.06. The van der Waals surface area contributed by atoms with Crippen LogP contribution in [0, 0.1) is 0 Å². The molecule has 5 heteroatoms. The zero-order valence-electron chi connectivity index (χ0n) is 10.9. The number of anilines is 1. The number of carboxylic acid groups (broad SMARTS) is 1. The number of hydrogen-bond acceptors (Lipinski definition) is 4. The van der Waals surface area contributed by atoms with Crippen LogP contribution in [0.2, 0.25) is 0 Å². The Morgan fingerprint density at radius 2 is 1.25 bits per heavy atom. The average Bonchev–Trinajstić information content (AvgIpc) is 2.49. The van der Waals surface area contributed by atoms with Gasteiger partial charge in [0.15, 0.2) is 0 Å². The van der Waals surface area contributed by atoms with Gasteiger partial charge in [0.25, 0.3) is 0 Å². The minimum Gasteiger partial charge on any atom is -0.478 e. The van der Waals surface area contributed by atoms with E-state index < -0.39 is 5.97 Å². The van der Waals surface area contributed by atoms with Crippen LogP contribution in [0.3, 0.4) is 0 Å². The molecule has 0 aliphatic carbocycles. The molecule has 0 bridgehead atoms. The fraction of sp³-hybridized carbons (Fsp3) is 0.133. The fourth-order valence-corrected chi connectivity index (χ4v) is 1.38. The molecule has 0 saturated heterocycles. The van der Waals surface area contributed by atoms with Crippen molar-refractivity contribution in [2.45, 2.75) is 13.2 Å². The highest BCUT2D eigenvalue weighted by atomic mass is 16.4. The van der Waals surface area contributed by atoms with Crippen LogP contribution in [0.25, 0.3) is 0 Å². The fourth-order valence-electron chi connectivity index (χ4n) is 1.38. The van der Waals surface area contributed by atoms with Crippen LogP contribution in [-0.2, 0) is 13.2 Å². The lowest BCUT2D eigenvalue weighted by Crippen LogP contribution is -1.95. The molecular weight excluding hydrogens is 258 g/mol. The lowest BCUT2D eigenvalue weighted by molar-refractivity contribution is 0.0697. The Balaban J connectivity index is 0.000000204. The molecule has 5 N–H and O–H groups in total. The van der Waals surface area contributed by atoms with Gasteiger partial charge in [0.05, 0.1) is 18.8 Å². The summed E-state index contributed by atoms with van der Waals surface area (Å²) in [6.45, 7) is 0.0280. The molecule has 0 heterocycles. The first-order chi connectivity index (χ1) is 9.56. The van der Waals surface area contributed by atoms with Crippen molar-refractivity contribution in [2.75, 3.05) is 5.73 Å². The first kappa shape index (κ1) is 15.7. The Hall–Kier alpha value is -2.37. The summed E-state index contributed by atoms with van der Waals surface area (Å²) in [5.41, 5.74) is 7.98. The maximum absolute atomic E-state index is 10.3. The lowest BCUT2D eigenvalue weighted by Gasteiger charge is -1.95. The molecule has 2 aromatic rings.